The lowest BCUT2D eigenvalue weighted by atomic mass is 9.80. The van der Waals surface area contributed by atoms with E-state index in [0.717, 1.165) is 12.8 Å². The van der Waals surface area contributed by atoms with Crippen molar-refractivity contribution in [3.8, 4) is 0 Å². The number of halogens is 3. The van der Waals surface area contributed by atoms with E-state index in [-0.39, 0.29) is 25.3 Å². The van der Waals surface area contributed by atoms with Crippen molar-refractivity contribution in [1.29, 1.82) is 0 Å². The molecule has 0 aromatic carbocycles. The normalized spacial score (nSPS) is 34.7. The Bertz CT molecular complexity index is 292. The molecule has 1 N–H and O–H groups in total. The monoisotopic (exact) mass is 281 g/mol. The summed E-state index contributed by atoms with van der Waals surface area (Å²) in [6.45, 7) is 1.22. The number of nitrogens with zero attached hydrogens (tertiary/aromatic N) is 1. The molecule has 0 amide bonds. The van der Waals surface area contributed by atoms with Crippen LogP contribution in [0, 0.1) is 5.92 Å². The molecular weight excluding hydrogens is 259 g/mol. The topological polar surface area (TPSA) is 32.7 Å². The fourth-order valence-electron chi connectivity index (χ4n) is 3.32. The van der Waals surface area contributed by atoms with E-state index in [0.29, 0.717) is 13.2 Å². The fraction of sp³-hybridized carbons (Fsp3) is 1.00. The van der Waals surface area contributed by atoms with Gasteiger partial charge in [-0.05, 0) is 39.2 Å². The summed E-state index contributed by atoms with van der Waals surface area (Å²) in [5.74, 6) is -1.32. The third-order valence-electron chi connectivity index (χ3n) is 4.50. The first-order valence-electron chi connectivity index (χ1n) is 6.94. The Morgan fingerprint density at radius 3 is 2.32 bits per heavy atom. The van der Waals surface area contributed by atoms with Gasteiger partial charge in [-0.15, -0.1) is 0 Å². The molecule has 1 saturated carbocycles. The van der Waals surface area contributed by atoms with Crippen molar-refractivity contribution in [2.75, 3.05) is 20.3 Å². The van der Waals surface area contributed by atoms with Crippen LogP contribution in [0.1, 0.15) is 32.1 Å². The van der Waals surface area contributed by atoms with Crippen molar-refractivity contribution < 1.29 is 23.0 Å². The van der Waals surface area contributed by atoms with Gasteiger partial charge in [0.05, 0.1) is 12.0 Å². The summed E-state index contributed by atoms with van der Waals surface area (Å²) in [6, 6.07) is -0.472. The van der Waals surface area contributed by atoms with Crippen LogP contribution in [0.4, 0.5) is 13.2 Å². The highest BCUT2D eigenvalue weighted by atomic mass is 19.4. The molecule has 1 saturated heterocycles. The van der Waals surface area contributed by atoms with E-state index in [1.165, 1.54) is 0 Å². The van der Waals surface area contributed by atoms with Crippen LogP contribution in [-0.4, -0.2) is 54.6 Å². The van der Waals surface area contributed by atoms with Gasteiger partial charge in [0.25, 0.3) is 0 Å². The van der Waals surface area contributed by atoms with E-state index in [2.05, 4.69) is 0 Å². The van der Waals surface area contributed by atoms with Crippen LogP contribution in [0.5, 0.6) is 0 Å². The first-order chi connectivity index (χ1) is 8.89. The lowest BCUT2D eigenvalue weighted by molar-refractivity contribution is -0.207. The number of hydrogen-bond donors (Lipinski definition) is 1. The van der Waals surface area contributed by atoms with Gasteiger partial charge in [0.15, 0.2) is 0 Å². The summed E-state index contributed by atoms with van der Waals surface area (Å²) in [5, 5.41) is 9.69. The Morgan fingerprint density at radius 2 is 1.74 bits per heavy atom. The smallest absolute Gasteiger partial charge is 0.393 e. The Labute approximate surface area is 111 Å². The van der Waals surface area contributed by atoms with Crippen LogP contribution >= 0.6 is 0 Å². The van der Waals surface area contributed by atoms with Gasteiger partial charge in [0, 0.05) is 25.3 Å². The zero-order chi connectivity index (χ0) is 14.0. The summed E-state index contributed by atoms with van der Waals surface area (Å²) in [4.78, 5) is 1.84. The van der Waals surface area contributed by atoms with E-state index >= 15 is 0 Å². The molecule has 0 aromatic rings. The maximum absolute atomic E-state index is 13.1. The molecule has 0 spiro atoms. The quantitative estimate of drug-likeness (QED) is 0.842. The predicted octanol–water partition coefficient (Wildman–Crippen LogP) is 2.19. The van der Waals surface area contributed by atoms with Gasteiger partial charge < -0.3 is 9.84 Å². The van der Waals surface area contributed by atoms with Crippen molar-refractivity contribution in [2.45, 2.75) is 56.5 Å². The van der Waals surface area contributed by atoms with Gasteiger partial charge in [-0.1, -0.05) is 0 Å². The molecular formula is C13H22F3NO2. The second-order valence-corrected chi connectivity index (χ2v) is 5.69. The minimum Gasteiger partial charge on any atom is -0.393 e. The molecule has 112 valence electrons. The summed E-state index contributed by atoms with van der Waals surface area (Å²) in [7, 11) is 1.76. The van der Waals surface area contributed by atoms with Crippen molar-refractivity contribution in [3.63, 3.8) is 0 Å². The van der Waals surface area contributed by atoms with Crippen LogP contribution in [-0.2, 0) is 4.74 Å². The Morgan fingerprint density at radius 1 is 1.11 bits per heavy atom. The molecule has 2 aliphatic rings. The van der Waals surface area contributed by atoms with Crippen LogP contribution in [0.2, 0.25) is 0 Å². The molecule has 3 nitrogen and oxygen atoms in total. The highest BCUT2D eigenvalue weighted by molar-refractivity contribution is 4.92. The second kappa shape index (κ2) is 5.97. The van der Waals surface area contributed by atoms with E-state index in [1.807, 2.05) is 4.90 Å². The second-order valence-electron chi connectivity index (χ2n) is 5.69. The molecule has 2 fully saturated rings. The highest BCUT2D eigenvalue weighted by Crippen LogP contribution is 2.40. The molecule has 1 heterocycles. The first kappa shape index (κ1) is 15.1. The van der Waals surface area contributed by atoms with Gasteiger partial charge in [-0.25, -0.2) is 0 Å². The number of aliphatic hydroxyl groups excluding tert-OH is 1. The lowest BCUT2D eigenvalue weighted by Crippen LogP contribution is -2.53. The minimum absolute atomic E-state index is 0.0306. The van der Waals surface area contributed by atoms with Gasteiger partial charge in [-0.3, -0.25) is 4.90 Å². The average molecular weight is 281 g/mol. The molecule has 2 rings (SSSR count). The lowest BCUT2D eigenvalue weighted by Gasteiger charge is -2.44. The largest absolute Gasteiger partial charge is 0.393 e. The molecule has 0 aromatic heterocycles. The fourth-order valence-corrected chi connectivity index (χ4v) is 3.32. The summed E-state index contributed by atoms with van der Waals surface area (Å²) < 4.78 is 44.6. The zero-order valence-corrected chi connectivity index (χ0v) is 11.2. The molecule has 0 radical (unpaired) electrons. The number of ether oxygens (including phenoxy) is 1. The number of aliphatic hydroxyl groups is 1. The maximum Gasteiger partial charge on any atom is 0.393 e. The standard InChI is InChI=1S/C13H22F3NO2/c1-17(9-4-6-19-7-5-9)12-8-10(18)2-3-11(12)13(14,15)16/h9-12,18H,2-8H2,1H3. The Balaban J connectivity index is 2.07. The van der Waals surface area contributed by atoms with Crippen LogP contribution in [0.15, 0.2) is 0 Å². The van der Waals surface area contributed by atoms with Crippen LogP contribution < -0.4 is 0 Å². The predicted molar refractivity (Wildman–Crippen MR) is 64.8 cm³/mol. The summed E-state index contributed by atoms with van der Waals surface area (Å²) in [6.07, 6.45) is -2.74. The average Bonchev–Trinajstić information content (AvgIpc) is 2.37. The van der Waals surface area contributed by atoms with Gasteiger partial charge in [0.2, 0.25) is 0 Å². The molecule has 1 aliphatic carbocycles. The Hall–Kier alpha value is -0.330. The summed E-state index contributed by atoms with van der Waals surface area (Å²) in [5.41, 5.74) is 0. The number of alkyl halides is 3. The van der Waals surface area contributed by atoms with Crippen molar-refractivity contribution in [2.24, 2.45) is 5.92 Å². The van der Waals surface area contributed by atoms with E-state index in [1.54, 1.807) is 7.05 Å². The highest BCUT2D eigenvalue weighted by Gasteiger charge is 2.49. The first-order valence-corrected chi connectivity index (χ1v) is 6.94. The van der Waals surface area contributed by atoms with Crippen LogP contribution in [0.25, 0.3) is 0 Å². The van der Waals surface area contributed by atoms with E-state index < -0.39 is 24.2 Å². The molecule has 0 bridgehead atoms. The molecule has 6 heteroatoms. The molecule has 19 heavy (non-hydrogen) atoms. The number of hydrogen-bond acceptors (Lipinski definition) is 3. The van der Waals surface area contributed by atoms with Gasteiger partial charge in [-0.2, -0.15) is 13.2 Å². The van der Waals surface area contributed by atoms with Crippen molar-refractivity contribution in [3.05, 3.63) is 0 Å². The third-order valence-corrected chi connectivity index (χ3v) is 4.50. The Kier molecular flexibility index (Phi) is 4.74. The van der Waals surface area contributed by atoms with Crippen LogP contribution in [0.3, 0.4) is 0 Å². The minimum atomic E-state index is -4.18. The SMILES string of the molecule is CN(C1CCOCC1)C1CC(O)CCC1C(F)(F)F. The van der Waals surface area contributed by atoms with Gasteiger partial charge >= 0.3 is 6.18 Å². The van der Waals surface area contributed by atoms with Crippen molar-refractivity contribution in [1.82, 2.24) is 4.90 Å². The molecule has 3 unspecified atom stereocenters. The molecule has 1 aliphatic heterocycles. The van der Waals surface area contributed by atoms with E-state index in [9.17, 15) is 18.3 Å². The maximum atomic E-state index is 13.1. The van der Waals surface area contributed by atoms with Gasteiger partial charge in [0.1, 0.15) is 0 Å². The van der Waals surface area contributed by atoms with E-state index in [4.69, 9.17) is 4.74 Å². The molecule has 3 atom stereocenters. The third kappa shape index (κ3) is 3.61. The van der Waals surface area contributed by atoms with Crippen molar-refractivity contribution >= 4 is 0 Å². The number of rotatable bonds is 2. The summed E-state index contributed by atoms with van der Waals surface area (Å²) >= 11 is 0. The zero-order valence-electron chi connectivity index (χ0n) is 11.2.